The molecule has 0 N–H and O–H groups in total. The molecule has 5 nitrogen and oxygen atoms in total. The van der Waals surface area contributed by atoms with Crippen molar-refractivity contribution < 1.29 is 28.1 Å². The van der Waals surface area contributed by atoms with Crippen LogP contribution in [0.5, 0.6) is 5.75 Å². The van der Waals surface area contributed by atoms with Crippen molar-refractivity contribution in [1.29, 1.82) is 0 Å². The highest BCUT2D eigenvalue weighted by molar-refractivity contribution is 5.70. The lowest BCUT2D eigenvalue weighted by Crippen LogP contribution is -2.20. The Kier molecular flexibility index (Phi) is 5.08. The normalized spacial score (nSPS) is 16.2. The molecule has 0 unspecified atom stereocenters. The average molecular weight is 332 g/mol. The van der Waals surface area contributed by atoms with Gasteiger partial charge in [0, 0.05) is 23.8 Å². The molecule has 0 radical (unpaired) electrons. The molecule has 0 saturated carbocycles. The zero-order valence-electron chi connectivity index (χ0n) is 13.2. The van der Waals surface area contributed by atoms with E-state index in [1.165, 1.54) is 19.2 Å². The Morgan fingerprint density at radius 3 is 2.83 bits per heavy atom. The van der Waals surface area contributed by atoms with Crippen molar-refractivity contribution >= 4 is 5.97 Å². The van der Waals surface area contributed by atoms with Gasteiger partial charge in [-0.3, -0.25) is 0 Å². The number of carbonyl (C=O) groups excluding carboxylic acids is 1. The smallest absolute Gasteiger partial charge is 0.332 e. The van der Waals surface area contributed by atoms with Gasteiger partial charge in [0.25, 0.3) is 0 Å². The molecule has 1 atom stereocenters. The number of methoxy groups -OCH3 is 1. The Balaban J connectivity index is 1.81. The van der Waals surface area contributed by atoms with E-state index in [1.54, 1.807) is 0 Å². The molecule has 0 aromatic heterocycles. The number of carbonyl (C=O) groups is 1. The van der Waals surface area contributed by atoms with E-state index in [-0.39, 0.29) is 19.8 Å². The van der Waals surface area contributed by atoms with E-state index < -0.39 is 18.1 Å². The van der Waals surface area contributed by atoms with Crippen LogP contribution in [0.25, 0.3) is 0 Å². The van der Waals surface area contributed by atoms with Crippen LogP contribution in [0.3, 0.4) is 0 Å². The second-order valence-corrected chi connectivity index (χ2v) is 5.32. The summed E-state index contributed by atoms with van der Waals surface area (Å²) in [7, 11) is 1.40. The molecule has 0 bridgehead atoms. The van der Waals surface area contributed by atoms with E-state index in [2.05, 4.69) is 0 Å². The monoisotopic (exact) mass is 332 g/mol. The number of rotatable bonds is 5. The largest absolute Gasteiger partial charge is 0.460 e. The molecular formula is C18H17FO5. The van der Waals surface area contributed by atoms with E-state index in [9.17, 15) is 9.18 Å². The Morgan fingerprint density at radius 2 is 2.08 bits per heavy atom. The molecule has 2 aromatic rings. The van der Waals surface area contributed by atoms with E-state index >= 15 is 0 Å². The van der Waals surface area contributed by atoms with Crippen LogP contribution in [0.4, 0.5) is 4.39 Å². The van der Waals surface area contributed by atoms with Crippen LogP contribution in [0.2, 0.25) is 0 Å². The van der Waals surface area contributed by atoms with Gasteiger partial charge in [0.2, 0.25) is 6.29 Å². The van der Waals surface area contributed by atoms with E-state index in [0.717, 1.165) is 5.56 Å². The minimum absolute atomic E-state index is 0.0935. The highest BCUT2D eigenvalue weighted by Crippen LogP contribution is 2.36. The summed E-state index contributed by atoms with van der Waals surface area (Å²) >= 11 is 0. The maximum atomic E-state index is 13.8. The van der Waals surface area contributed by atoms with Gasteiger partial charge in [0.15, 0.2) is 0 Å². The summed E-state index contributed by atoms with van der Waals surface area (Å²) in [4.78, 5) is 11.4. The van der Waals surface area contributed by atoms with Gasteiger partial charge < -0.3 is 18.9 Å². The summed E-state index contributed by atoms with van der Waals surface area (Å²) in [5.41, 5.74) is 1.90. The lowest BCUT2D eigenvalue weighted by atomic mass is 10.1. The minimum Gasteiger partial charge on any atom is -0.460 e. The van der Waals surface area contributed by atoms with Gasteiger partial charge in [-0.2, -0.15) is 0 Å². The Hall–Kier alpha value is -2.44. The Labute approximate surface area is 138 Å². The Bertz CT molecular complexity index is 717. The topological polar surface area (TPSA) is 54.0 Å². The highest BCUT2D eigenvalue weighted by atomic mass is 19.1. The quantitative estimate of drug-likeness (QED) is 0.788. The van der Waals surface area contributed by atoms with Crippen molar-refractivity contribution in [1.82, 2.24) is 0 Å². The Morgan fingerprint density at radius 1 is 1.29 bits per heavy atom. The number of esters is 1. The van der Waals surface area contributed by atoms with Crippen LogP contribution in [-0.2, 0) is 32.2 Å². The SMILES string of the molecule is COCC(=O)OCc1cc(F)cc2c1O[C@@H](c1ccccc1)OC2. The number of benzene rings is 2. The molecule has 0 fully saturated rings. The third-order valence-corrected chi connectivity index (χ3v) is 3.55. The minimum atomic E-state index is -0.586. The van der Waals surface area contributed by atoms with Crippen molar-refractivity contribution in [3.63, 3.8) is 0 Å². The molecule has 1 aliphatic rings. The van der Waals surface area contributed by atoms with Gasteiger partial charge in [0.1, 0.15) is 24.8 Å². The molecule has 24 heavy (non-hydrogen) atoms. The van der Waals surface area contributed by atoms with Crippen molar-refractivity contribution in [3.05, 3.63) is 65.0 Å². The van der Waals surface area contributed by atoms with Gasteiger partial charge >= 0.3 is 5.97 Å². The standard InChI is InChI=1S/C18H17FO5/c1-21-11-16(20)22-9-13-7-15(19)8-14-10-23-18(24-17(13)14)12-5-3-2-4-6-12/h2-8,18H,9-11H2,1H3/t18-/m0/s1. The molecule has 1 aliphatic heterocycles. The molecule has 126 valence electrons. The first-order valence-electron chi connectivity index (χ1n) is 7.46. The molecule has 0 saturated heterocycles. The number of ether oxygens (including phenoxy) is 4. The third-order valence-electron chi connectivity index (χ3n) is 3.55. The third kappa shape index (κ3) is 3.72. The summed E-state index contributed by atoms with van der Waals surface area (Å²) in [5, 5.41) is 0. The maximum Gasteiger partial charge on any atom is 0.332 e. The van der Waals surface area contributed by atoms with Crippen molar-refractivity contribution in [2.45, 2.75) is 19.5 Å². The lowest BCUT2D eigenvalue weighted by Gasteiger charge is -2.28. The first-order valence-corrected chi connectivity index (χ1v) is 7.46. The lowest BCUT2D eigenvalue weighted by molar-refractivity contribution is -0.149. The van der Waals surface area contributed by atoms with E-state index in [4.69, 9.17) is 18.9 Å². The summed E-state index contributed by atoms with van der Waals surface area (Å²) in [6.45, 7) is -0.0381. The number of hydrogen-bond donors (Lipinski definition) is 0. The fourth-order valence-electron chi connectivity index (χ4n) is 2.48. The zero-order chi connectivity index (χ0) is 16.9. The maximum absolute atomic E-state index is 13.8. The van der Waals surface area contributed by atoms with E-state index in [0.29, 0.717) is 16.9 Å². The van der Waals surface area contributed by atoms with Crippen LogP contribution in [0, 0.1) is 5.82 Å². The fraction of sp³-hybridized carbons (Fsp3) is 0.278. The number of fused-ring (bicyclic) bond motifs is 1. The molecule has 0 aliphatic carbocycles. The molecule has 0 amide bonds. The summed E-state index contributed by atoms with van der Waals surface area (Å²) in [6, 6.07) is 12.1. The average Bonchev–Trinajstić information content (AvgIpc) is 2.60. The molecule has 3 rings (SSSR count). The van der Waals surface area contributed by atoms with Crippen LogP contribution >= 0.6 is 0 Å². The van der Waals surface area contributed by atoms with Gasteiger partial charge in [-0.05, 0) is 12.1 Å². The summed E-state index contributed by atoms with van der Waals surface area (Å²) in [5.74, 6) is -0.471. The highest BCUT2D eigenvalue weighted by Gasteiger charge is 2.25. The van der Waals surface area contributed by atoms with Gasteiger partial charge in [-0.1, -0.05) is 30.3 Å². The molecular weight excluding hydrogens is 315 g/mol. The van der Waals surface area contributed by atoms with Crippen LogP contribution in [-0.4, -0.2) is 19.7 Å². The van der Waals surface area contributed by atoms with Crippen LogP contribution in [0.1, 0.15) is 23.0 Å². The molecule has 1 heterocycles. The second-order valence-electron chi connectivity index (χ2n) is 5.32. The molecule has 2 aromatic carbocycles. The zero-order valence-corrected chi connectivity index (χ0v) is 13.2. The predicted octanol–water partition coefficient (Wildman–Crippen LogP) is 3.12. The summed E-state index contributed by atoms with van der Waals surface area (Å²) < 4.78 is 35.1. The van der Waals surface area contributed by atoms with Crippen molar-refractivity contribution in [2.75, 3.05) is 13.7 Å². The first-order chi connectivity index (χ1) is 11.7. The van der Waals surface area contributed by atoms with Crippen molar-refractivity contribution in [3.8, 4) is 5.75 Å². The molecule has 6 heteroatoms. The van der Waals surface area contributed by atoms with Crippen molar-refractivity contribution in [2.24, 2.45) is 0 Å². The molecule has 0 spiro atoms. The first kappa shape index (κ1) is 16.4. The second kappa shape index (κ2) is 7.42. The number of halogens is 1. The van der Waals surface area contributed by atoms with E-state index in [1.807, 2.05) is 30.3 Å². The number of hydrogen-bond acceptors (Lipinski definition) is 5. The predicted molar refractivity (Wildman–Crippen MR) is 82.7 cm³/mol. The van der Waals surface area contributed by atoms with Crippen LogP contribution < -0.4 is 4.74 Å². The van der Waals surface area contributed by atoms with Gasteiger partial charge in [0.05, 0.1) is 6.61 Å². The fourth-order valence-corrected chi connectivity index (χ4v) is 2.48. The summed E-state index contributed by atoms with van der Waals surface area (Å²) in [6.07, 6.45) is -0.586. The van der Waals surface area contributed by atoms with Gasteiger partial charge in [-0.25, -0.2) is 9.18 Å². The van der Waals surface area contributed by atoms with Crippen LogP contribution in [0.15, 0.2) is 42.5 Å². The van der Waals surface area contributed by atoms with Gasteiger partial charge in [-0.15, -0.1) is 0 Å².